The van der Waals surface area contributed by atoms with E-state index in [9.17, 15) is 13.6 Å². The van der Waals surface area contributed by atoms with Gasteiger partial charge in [-0.3, -0.25) is 4.79 Å². The summed E-state index contributed by atoms with van der Waals surface area (Å²) in [6.45, 7) is 6.53. The van der Waals surface area contributed by atoms with Crippen molar-refractivity contribution in [3.8, 4) is 5.69 Å². The van der Waals surface area contributed by atoms with Gasteiger partial charge in [0.2, 0.25) is 5.91 Å². The molecular formula is C25H27F2N3O. The molecule has 6 heteroatoms. The van der Waals surface area contributed by atoms with E-state index in [4.69, 9.17) is 0 Å². The smallest absolute Gasteiger partial charge is 0.226 e. The van der Waals surface area contributed by atoms with Crippen LogP contribution in [0.15, 0.2) is 48.9 Å². The maximum Gasteiger partial charge on any atom is 0.226 e. The summed E-state index contributed by atoms with van der Waals surface area (Å²) in [7, 11) is 0. The molecule has 3 aromatic rings. The summed E-state index contributed by atoms with van der Waals surface area (Å²) in [4.78, 5) is 19.3. The van der Waals surface area contributed by atoms with Crippen molar-refractivity contribution in [3.63, 3.8) is 0 Å². The minimum absolute atomic E-state index is 0.0791. The molecule has 1 aromatic heterocycles. The second kappa shape index (κ2) is 8.61. The Morgan fingerprint density at radius 3 is 2.61 bits per heavy atom. The number of carbonyl (C=O) groups excluding carboxylic acids is 1. The Morgan fingerprint density at radius 1 is 1.13 bits per heavy atom. The molecule has 2 atom stereocenters. The number of benzene rings is 2. The zero-order valence-electron chi connectivity index (χ0n) is 18.1. The summed E-state index contributed by atoms with van der Waals surface area (Å²) in [6, 6.07) is 9.86. The number of hydrogen-bond donors (Lipinski definition) is 0. The average Bonchev–Trinajstić information content (AvgIpc) is 3.17. The van der Waals surface area contributed by atoms with E-state index in [0.717, 1.165) is 41.4 Å². The van der Waals surface area contributed by atoms with Crippen LogP contribution in [0.25, 0.3) is 5.69 Å². The SMILES string of the molecule is Cc1cn(-c2ccc(CC3CCCN(C(C)c4ccc(F)c(F)c4)C3=O)cc2C)cn1. The predicted molar refractivity (Wildman–Crippen MR) is 116 cm³/mol. The zero-order chi connectivity index (χ0) is 22.1. The highest BCUT2D eigenvalue weighted by molar-refractivity contribution is 5.80. The predicted octanol–water partition coefficient (Wildman–Crippen LogP) is 5.31. The number of halogens is 2. The minimum Gasteiger partial charge on any atom is -0.336 e. The molecule has 4 rings (SSSR count). The fraction of sp³-hybridized carbons (Fsp3) is 0.360. The van der Waals surface area contributed by atoms with Crippen LogP contribution in [0, 0.1) is 31.4 Å². The zero-order valence-corrected chi connectivity index (χ0v) is 18.1. The Kier molecular flexibility index (Phi) is 5.90. The van der Waals surface area contributed by atoms with Crippen molar-refractivity contribution in [2.45, 2.75) is 46.1 Å². The van der Waals surface area contributed by atoms with Crippen molar-refractivity contribution >= 4 is 5.91 Å². The van der Waals surface area contributed by atoms with E-state index < -0.39 is 11.6 Å². The highest BCUT2D eigenvalue weighted by Crippen LogP contribution is 2.30. The molecule has 0 N–H and O–H groups in total. The Bertz CT molecular complexity index is 1110. The molecule has 2 unspecified atom stereocenters. The van der Waals surface area contributed by atoms with E-state index in [1.54, 1.807) is 17.3 Å². The molecule has 1 aliphatic heterocycles. The largest absolute Gasteiger partial charge is 0.336 e. The van der Waals surface area contributed by atoms with Crippen LogP contribution < -0.4 is 0 Å². The van der Waals surface area contributed by atoms with Gasteiger partial charge in [-0.2, -0.15) is 0 Å². The first-order valence-electron chi connectivity index (χ1n) is 10.7. The summed E-state index contributed by atoms with van der Waals surface area (Å²) in [5, 5.41) is 0. The maximum atomic E-state index is 13.7. The molecule has 1 fully saturated rings. The Morgan fingerprint density at radius 2 is 1.94 bits per heavy atom. The van der Waals surface area contributed by atoms with Crippen LogP contribution in [-0.4, -0.2) is 26.9 Å². The molecular weight excluding hydrogens is 396 g/mol. The topological polar surface area (TPSA) is 38.1 Å². The summed E-state index contributed by atoms with van der Waals surface area (Å²) in [6.07, 6.45) is 6.20. The van der Waals surface area contributed by atoms with Crippen molar-refractivity contribution in [3.05, 3.63) is 82.9 Å². The van der Waals surface area contributed by atoms with Gasteiger partial charge in [0.25, 0.3) is 0 Å². The van der Waals surface area contributed by atoms with Crippen LogP contribution in [0.2, 0.25) is 0 Å². The third-order valence-corrected chi connectivity index (χ3v) is 6.21. The molecule has 1 aliphatic rings. The highest BCUT2D eigenvalue weighted by Gasteiger charge is 2.32. The number of aryl methyl sites for hydroxylation is 2. The van der Waals surface area contributed by atoms with Gasteiger partial charge in [0.1, 0.15) is 0 Å². The fourth-order valence-electron chi connectivity index (χ4n) is 4.47. The molecule has 2 aromatic carbocycles. The van der Waals surface area contributed by atoms with Crippen LogP contribution in [0.1, 0.15) is 48.2 Å². The number of hydrogen-bond acceptors (Lipinski definition) is 2. The maximum absolute atomic E-state index is 13.7. The van der Waals surface area contributed by atoms with E-state index in [0.29, 0.717) is 18.5 Å². The average molecular weight is 424 g/mol. The molecule has 0 radical (unpaired) electrons. The quantitative estimate of drug-likeness (QED) is 0.558. The summed E-state index contributed by atoms with van der Waals surface area (Å²) in [5.74, 6) is -1.78. The van der Waals surface area contributed by atoms with E-state index in [1.807, 2.05) is 24.6 Å². The molecule has 0 aliphatic carbocycles. The second-order valence-corrected chi connectivity index (χ2v) is 8.47. The van der Waals surface area contributed by atoms with Crippen molar-refractivity contribution in [2.24, 2.45) is 5.92 Å². The van der Waals surface area contributed by atoms with E-state index in [-0.39, 0.29) is 17.9 Å². The third kappa shape index (κ3) is 4.38. The lowest BCUT2D eigenvalue weighted by Gasteiger charge is -2.37. The molecule has 4 nitrogen and oxygen atoms in total. The van der Waals surface area contributed by atoms with Crippen LogP contribution in [0.4, 0.5) is 8.78 Å². The first-order chi connectivity index (χ1) is 14.8. The van der Waals surface area contributed by atoms with Gasteiger partial charge in [0, 0.05) is 24.3 Å². The molecule has 0 spiro atoms. The molecule has 1 amide bonds. The van der Waals surface area contributed by atoms with Gasteiger partial charge in [-0.05, 0) is 74.9 Å². The second-order valence-electron chi connectivity index (χ2n) is 8.47. The van der Waals surface area contributed by atoms with Gasteiger partial charge in [0.15, 0.2) is 11.6 Å². The Hall–Kier alpha value is -3.02. The Balaban J connectivity index is 1.49. The van der Waals surface area contributed by atoms with E-state index in [2.05, 4.69) is 30.1 Å². The number of imidazole rings is 1. The van der Waals surface area contributed by atoms with Crippen LogP contribution in [-0.2, 0) is 11.2 Å². The summed E-state index contributed by atoms with van der Waals surface area (Å²) >= 11 is 0. The fourth-order valence-corrected chi connectivity index (χ4v) is 4.47. The number of piperidine rings is 1. The van der Waals surface area contributed by atoms with E-state index in [1.165, 1.54) is 6.07 Å². The van der Waals surface area contributed by atoms with Crippen molar-refractivity contribution in [1.29, 1.82) is 0 Å². The number of nitrogens with zero attached hydrogens (tertiary/aromatic N) is 3. The number of rotatable bonds is 5. The van der Waals surface area contributed by atoms with Gasteiger partial charge < -0.3 is 9.47 Å². The van der Waals surface area contributed by atoms with Crippen LogP contribution in [0.5, 0.6) is 0 Å². The Labute approximate surface area is 181 Å². The molecule has 0 bridgehead atoms. The van der Waals surface area contributed by atoms with Gasteiger partial charge in [-0.1, -0.05) is 18.2 Å². The number of likely N-dealkylation sites (tertiary alicyclic amines) is 1. The number of aromatic nitrogens is 2. The normalized spacial score (nSPS) is 17.8. The standard InChI is InChI=1S/C25H27F2N3O/c1-16-11-19(6-9-24(16)29-14-17(2)28-15-29)12-21-5-4-10-30(25(21)31)18(3)20-7-8-22(26)23(27)13-20/h6-9,11,13-15,18,21H,4-5,10,12H2,1-3H3. The monoisotopic (exact) mass is 423 g/mol. The van der Waals surface area contributed by atoms with Gasteiger partial charge in [-0.15, -0.1) is 0 Å². The molecule has 162 valence electrons. The third-order valence-electron chi connectivity index (χ3n) is 6.21. The molecule has 31 heavy (non-hydrogen) atoms. The van der Waals surface area contributed by atoms with Gasteiger partial charge in [-0.25, -0.2) is 13.8 Å². The van der Waals surface area contributed by atoms with Crippen molar-refractivity contribution < 1.29 is 13.6 Å². The highest BCUT2D eigenvalue weighted by atomic mass is 19.2. The number of carbonyl (C=O) groups is 1. The first kappa shape index (κ1) is 21.2. The van der Waals surface area contributed by atoms with Gasteiger partial charge >= 0.3 is 0 Å². The van der Waals surface area contributed by atoms with Crippen molar-refractivity contribution in [2.75, 3.05) is 6.54 Å². The molecule has 1 saturated heterocycles. The van der Waals surface area contributed by atoms with E-state index >= 15 is 0 Å². The first-order valence-corrected chi connectivity index (χ1v) is 10.7. The lowest BCUT2D eigenvalue weighted by Crippen LogP contribution is -2.43. The van der Waals surface area contributed by atoms with Crippen LogP contribution in [0.3, 0.4) is 0 Å². The lowest BCUT2D eigenvalue weighted by atomic mass is 9.88. The lowest BCUT2D eigenvalue weighted by molar-refractivity contribution is -0.140. The van der Waals surface area contributed by atoms with Crippen molar-refractivity contribution in [1.82, 2.24) is 14.5 Å². The molecule has 2 heterocycles. The molecule has 0 saturated carbocycles. The van der Waals surface area contributed by atoms with Gasteiger partial charge in [0.05, 0.1) is 18.1 Å². The van der Waals surface area contributed by atoms with Crippen LogP contribution >= 0.6 is 0 Å². The minimum atomic E-state index is -0.881. The summed E-state index contributed by atoms with van der Waals surface area (Å²) < 4.78 is 29.0. The number of amides is 1. The summed E-state index contributed by atoms with van der Waals surface area (Å²) in [5.41, 5.74) is 4.91.